The number of allylic oxidation sites excluding steroid dienone is 3. The number of carbonyl (C=O) groups excluding carboxylic acids is 1. The molecule has 1 aromatic rings. The lowest BCUT2D eigenvalue weighted by molar-refractivity contribution is -0.131. The molecule has 1 aliphatic heterocycles. The Kier molecular flexibility index (Phi) is 3.66. The van der Waals surface area contributed by atoms with Crippen molar-refractivity contribution in [2.45, 2.75) is 6.92 Å². The van der Waals surface area contributed by atoms with E-state index in [9.17, 15) is 9.59 Å². The maximum Gasteiger partial charge on any atom is 0.328 e. The number of nitrogens with one attached hydrogen (secondary N) is 1. The Balaban J connectivity index is 2.24. The van der Waals surface area contributed by atoms with Crippen LogP contribution in [0, 0.1) is 0 Å². The summed E-state index contributed by atoms with van der Waals surface area (Å²) in [4.78, 5) is 21.6. The van der Waals surface area contributed by atoms with Gasteiger partial charge in [-0.1, -0.05) is 18.2 Å². The van der Waals surface area contributed by atoms with Crippen molar-refractivity contribution in [2.24, 2.45) is 0 Å². The molecule has 1 aromatic carbocycles. The number of carbonyl (C=O) groups is 2. The van der Waals surface area contributed by atoms with Crippen molar-refractivity contribution < 1.29 is 19.4 Å². The highest BCUT2D eigenvalue weighted by atomic mass is 16.5. The third-order valence-corrected chi connectivity index (χ3v) is 2.65. The Bertz CT molecular complexity index is 587. The molecule has 0 atom stereocenters. The van der Waals surface area contributed by atoms with Crippen molar-refractivity contribution in [1.82, 2.24) is 0 Å². The minimum Gasteiger partial charge on any atom is -0.482 e. The molecule has 2 N–H and O–H groups in total. The first-order valence-electron chi connectivity index (χ1n) is 5.71. The highest BCUT2D eigenvalue weighted by Gasteiger charge is 2.15. The summed E-state index contributed by atoms with van der Waals surface area (Å²) in [6.45, 7) is 1.89. The van der Waals surface area contributed by atoms with E-state index < -0.39 is 5.97 Å². The smallest absolute Gasteiger partial charge is 0.328 e. The van der Waals surface area contributed by atoms with Gasteiger partial charge >= 0.3 is 5.97 Å². The number of amides is 1. The van der Waals surface area contributed by atoms with Crippen LogP contribution in [0.1, 0.15) is 12.5 Å². The maximum absolute atomic E-state index is 11.2. The highest BCUT2D eigenvalue weighted by Crippen LogP contribution is 2.30. The maximum atomic E-state index is 11.2. The summed E-state index contributed by atoms with van der Waals surface area (Å²) < 4.78 is 5.26. The summed E-state index contributed by atoms with van der Waals surface area (Å²) in [5, 5.41) is 11.2. The fourth-order valence-corrected chi connectivity index (χ4v) is 1.70. The summed E-state index contributed by atoms with van der Waals surface area (Å²) in [6.07, 6.45) is 4.22. The zero-order chi connectivity index (χ0) is 13.8. The van der Waals surface area contributed by atoms with Crippen molar-refractivity contribution in [3.63, 3.8) is 0 Å². The summed E-state index contributed by atoms with van der Waals surface area (Å²) in [5.74, 6) is -0.538. The first-order chi connectivity index (χ1) is 9.06. The molecule has 0 radical (unpaired) electrons. The van der Waals surface area contributed by atoms with Crippen LogP contribution in [0.3, 0.4) is 0 Å². The van der Waals surface area contributed by atoms with Crippen LogP contribution in [0.15, 0.2) is 36.4 Å². The SMILES string of the molecule is C/C(=C\C=C\C(=O)O)c1ccc2c(c1)NC(=O)CO2. The molecule has 5 nitrogen and oxygen atoms in total. The fourth-order valence-electron chi connectivity index (χ4n) is 1.70. The Hall–Kier alpha value is -2.56. The number of aliphatic carboxylic acids is 1. The molecule has 2 rings (SSSR count). The largest absolute Gasteiger partial charge is 0.482 e. The Labute approximate surface area is 110 Å². The van der Waals surface area contributed by atoms with Crippen molar-refractivity contribution in [1.29, 1.82) is 0 Å². The molecule has 1 amide bonds. The first kappa shape index (κ1) is 12.9. The van der Waals surface area contributed by atoms with E-state index in [4.69, 9.17) is 9.84 Å². The number of ether oxygens (including phenoxy) is 1. The Morgan fingerprint density at radius 1 is 1.47 bits per heavy atom. The van der Waals surface area contributed by atoms with Gasteiger partial charge in [0.25, 0.3) is 5.91 Å². The number of carboxylic acids is 1. The van der Waals surface area contributed by atoms with E-state index in [1.165, 1.54) is 6.08 Å². The van der Waals surface area contributed by atoms with Gasteiger partial charge in [-0.2, -0.15) is 0 Å². The summed E-state index contributed by atoms with van der Waals surface area (Å²) in [6, 6.07) is 5.44. The molecule has 0 aromatic heterocycles. The molecule has 0 fully saturated rings. The zero-order valence-electron chi connectivity index (χ0n) is 10.3. The molecule has 0 unspecified atom stereocenters. The van der Waals surface area contributed by atoms with Gasteiger partial charge in [0.2, 0.25) is 0 Å². The van der Waals surface area contributed by atoms with Gasteiger partial charge in [-0.25, -0.2) is 4.79 Å². The summed E-state index contributed by atoms with van der Waals surface area (Å²) in [5.41, 5.74) is 2.41. The monoisotopic (exact) mass is 259 g/mol. The molecular formula is C14H13NO4. The van der Waals surface area contributed by atoms with Gasteiger partial charge < -0.3 is 15.2 Å². The van der Waals surface area contributed by atoms with Gasteiger partial charge in [-0.3, -0.25) is 4.79 Å². The van der Waals surface area contributed by atoms with Gasteiger partial charge in [-0.15, -0.1) is 0 Å². The van der Waals surface area contributed by atoms with Crippen molar-refractivity contribution in [3.05, 3.63) is 42.0 Å². The van der Waals surface area contributed by atoms with Crippen LogP contribution in [0.2, 0.25) is 0 Å². The Morgan fingerprint density at radius 2 is 2.26 bits per heavy atom. The lowest BCUT2D eigenvalue weighted by Crippen LogP contribution is -2.25. The number of carboxylic acid groups (broad SMARTS) is 1. The minimum atomic E-state index is -0.991. The summed E-state index contributed by atoms with van der Waals surface area (Å²) in [7, 11) is 0. The van der Waals surface area contributed by atoms with E-state index in [0.717, 1.165) is 17.2 Å². The standard InChI is InChI=1S/C14H13NO4/c1-9(3-2-4-14(17)18)10-5-6-12-11(7-10)15-13(16)8-19-12/h2-7H,8H2,1H3,(H,15,16)(H,17,18)/b4-2+,9-3+. The third kappa shape index (κ3) is 3.22. The van der Waals surface area contributed by atoms with Gasteiger partial charge in [0.15, 0.2) is 6.61 Å². The second-order valence-corrected chi connectivity index (χ2v) is 4.09. The predicted molar refractivity (Wildman–Crippen MR) is 71.0 cm³/mol. The van der Waals surface area contributed by atoms with E-state index in [0.29, 0.717) is 11.4 Å². The molecule has 0 aliphatic carbocycles. The van der Waals surface area contributed by atoms with Crippen LogP contribution in [0.4, 0.5) is 5.69 Å². The highest BCUT2D eigenvalue weighted by molar-refractivity contribution is 5.96. The van der Waals surface area contributed by atoms with Gasteiger partial charge in [0.05, 0.1) is 5.69 Å². The molecule has 0 bridgehead atoms. The van der Waals surface area contributed by atoms with E-state index in [1.54, 1.807) is 18.2 Å². The average Bonchev–Trinajstić information content (AvgIpc) is 2.37. The molecule has 1 heterocycles. The van der Waals surface area contributed by atoms with E-state index in [1.807, 2.05) is 13.0 Å². The lowest BCUT2D eigenvalue weighted by atomic mass is 10.1. The number of rotatable bonds is 3. The van der Waals surface area contributed by atoms with E-state index in [-0.39, 0.29) is 12.5 Å². The second kappa shape index (κ2) is 5.39. The lowest BCUT2D eigenvalue weighted by Gasteiger charge is -2.18. The van der Waals surface area contributed by atoms with E-state index in [2.05, 4.69) is 5.32 Å². The van der Waals surface area contributed by atoms with Crippen molar-refractivity contribution >= 4 is 23.1 Å². The van der Waals surface area contributed by atoms with Crippen LogP contribution in [-0.4, -0.2) is 23.6 Å². The van der Waals surface area contributed by atoms with Crippen LogP contribution < -0.4 is 10.1 Å². The molecule has 0 saturated heterocycles. The molecule has 1 aliphatic rings. The van der Waals surface area contributed by atoms with Gasteiger partial charge in [0.1, 0.15) is 5.75 Å². The van der Waals surface area contributed by atoms with Crippen LogP contribution in [-0.2, 0) is 9.59 Å². The Morgan fingerprint density at radius 3 is 3.00 bits per heavy atom. The third-order valence-electron chi connectivity index (χ3n) is 2.65. The first-order valence-corrected chi connectivity index (χ1v) is 5.71. The average molecular weight is 259 g/mol. The number of benzene rings is 1. The number of fused-ring (bicyclic) bond motifs is 1. The number of hydrogen-bond acceptors (Lipinski definition) is 3. The van der Waals surface area contributed by atoms with E-state index >= 15 is 0 Å². The molecule has 0 spiro atoms. The summed E-state index contributed by atoms with van der Waals surface area (Å²) >= 11 is 0. The second-order valence-electron chi connectivity index (χ2n) is 4.09. The molecule has 98 valence electrons. The minimum absolute atomic E-state index is 0.0303. The normalized spacial score (nSPS) is 14.8. The number of anilines is 1. The molecular weight excluding hydrogens is 246 g/mol. The van der Waals surface area contributed by atoms with Crippen LogP contribution in [0.25, 0.3) is 5.57 Å². The van der Waals surface area contributed by atoms with Crippen LogP contribution in [0.5, 0.6) is 5.75 Å². The predicted octanol–water partition coefficient (Wildman–Crippen LogP) is 2.06. The zero-order valence-corrected chi connectivity index (χ0v) is 10.3. The van der Waals surface area contributed by atoms with Crippen molar-refractivity contribution in [3.8, 4) is 5.75 Å². The molecule has 0 saturated carbocycles. The van der Waals surface area contributed by atoms with Gasteiger partial charge in [0, 0.05) is 6.08 Å². The topological polar surface area (TPSA) is 75.6 Å². The number of hydrogen-bond donors (Lipinski definition) is 2. The van der Waals surface area contributed by atoms with Crippen LogP contribution >= 0.6 is 0 Å². The van der Waals surface area contributed by atoms with Gasteiger partial charge in [-0.05, 0) is 30.2 Å². The quantitative estimate of drug-likeness (QED) is 0.643. The molecule has 5 heteroatoms. The molecule has 19 heavy (non-hydrogen) atoms. The van der Waals surface area contributed by atoms with Crippen molar-refractivity contribution in [2.75, 3.05) is 11.9 Å². The fraction of sp³-hybridized carbons (Fsp3) is 0.143.